The van der Waals surface area contributed by atoms with Crippen LogP contribution in [0.5, 0.6) is 5.75 Å². The van der Waals surface area contributed by atoms with Gasteiger partial charge in [-0.05, 0) is 30.2 Å². The van der Waals surface area contributed by atoms with Gasteiger partial charge in [0.05, 0.1) is 0 Å². The number of hydrogen-bond acceptors (Lipinski definition) is 2. The normalized spacial score (nSPS) is 12.5. The summed E-state index contributed by atoms with van der Waals surface area (Å²) in [6.07, 6.45) is 7.91. The minimum Gasteiger partial charge on any atom is -0.427 e. The van der Waals surface area contributed by atoms with Gasteiger partial charge in [-0.3, -0.25) is 4.79 Å². The Kier molecular flexibility index (Phi) is 5.51. The molecular formula is C18H22O2. The van der Waals surface area contributed by atoms with E-state index in [2.05, 4.69) is 26.5 Å². The third kappa shape index (κ3) is 3.95. The maximum absolute atomic E-state index is 10.9. The molecule has 0 radical (unpaired) electrons. The minimum atomic E-state index is -0.307. The summed E-state index contributed by atoms with van der Waals surface area (Å²) in [7, 11) is 0. The molecule has 0 fully saturated rings. The van der Waals surface area contributed by atoms with Crippen LogP contribution in [0.25, 0.3) is 0 Å². The van der Waals surface area contributed by atoms with Crippen molar-refractivity contribution < 1.29 is 9.53 Å². The molecule has 0 unspecified atom stereocenters. The van der Waals surface area contributed by atoms with Crippen molar-refractivity contribution >= 4 is 5.97 Å². The molecule has 0 aromatic heterocycles. The van der Waals surface area contributed by atoms with E-state index in [1.807, 2.05) is 43.3 Å². The Hall–Kier alpha value is -2.09. The predicted octanol–water partition coefficient (Wildman–Crippen LogP) is 4.58. The summed E-state index contributed by atoms with van der Waals surface area (Å²) in [6.45, 7) is 11.5. The third-order valence-electron chi connectivity index (χ3n) is 3.20. The van der Waals surface area contributed by atoms with E-state index in [0.29, 0.717) is 5.75 Å². The van der Waals surface area contributed by atoms with Crippen LogP contribution < -0.4 is 4.74 Å². The van der Waals surface area contributed by atoms with Crippen molar-refractivity contribution in [2.45, 2.75) is 33.1 Å². The van der Waals surface area contributed by atoms with Crippen LogP contribution in [0.2, 0.25) is 0 Å². The predicted molar refractivity (Wildman–Crippen MR) is 83.9 cm³/mol. The lowest BCUT2D eigenvalue weighted by Crippen LogP contribution is -2.19. The molecule has 0 aliphatic rings. The van der Waals surface area contributed by atoms with E-state index < -0.39 is 0 Å². The maximum atomic E-state index is 10.9. The summed E-state index contributed by atoms with van der Waals surface area (Å²) in [6, 6.07) is 7.61. The average Bonchev–Trinajstić information content (AvgIpc) is 2.38. The number of esters is 1. The fraction of sp³-hybridized carbons (Fsp3) is 0.278. The second-order valence-electron chi connectivity index (χ2n) is 5.10. The van der Waals surface area contributed by atoms with Crippen LogP contribution in [0.1, 0.15) is 33.3 Å². The molecule has 1 aromatic carbocycles. The highest BCUT2D eigenvalue weighted by molar-refractivity contribution is 5.69. The first-order valence-electron chi connectivity index (χ1n) is 6.66. The molecule has 0 heterocycles. The van der Waals surface area contributed by atoms with E-state index in [9.17, 15) is 4.79 Å². The van der Waals surface area contributed by atoms with Gasteiger partial charge in [-0.1, -0.05) is 56.9 Å². The fourth-order valence-corrected chi connectivity index (χ4v) is 2.05. The molecule has 106 valence electrons. The number of allylic oxidation sites excluding steroid dienone is 5. The summed E-state index contributed by atoms with van der Waals surface area (Å²) in [5.74, 6) is 0.260. The Labute approximate surface area is 121 Å². The highest BCUT2D eigenvalue weighted by Gasteiger charge is 2.23. The second kappa shape index (κ2) is 6.90. The Morgan fingerprint density at radius 3 is 2.30 bits per heavy atom. The van der Waals surface area contributed by atoms with Gasteiger partial charge < -0.3 is 4.74 Å². The number of benzene rings is 1. The first-order valence-corrected chi connectivity index (χ1v) is 6.66. The van der Waals surface area contributed by atoms with Crippen molar-refractivity contribution in [3.63, 3.8) is 0 Å². The molecule has 2 heteroatoms. The smallest absolute Gasteiger partial charge is 0.308 e. The number of carbonyl (C=O) groups excluding carboxylic acids is 1. The Bertz CT molecular complexity index is 531. The molecule has 0 aliphatic heterocycles. The van der Waals surface area contributed by atoms with Gasteiger partial charge in [-0.25, -0.2) is 0 Å². The van der Waals surface area contributed by atoms with Gasteiger partial charge in [-0.15, -0.1) is 0 Å². The van der Waals surface area contributed by atoms with E-state index in [4.69, 9.17) is 4.74 Å². The SMILES string of the molecule is C=C/C=C(\C=C/C)C(C)(C)c1ccc(OC(C)=O)cc1. The molecule has 0 spiro atoms. The van der Waals surface area contributed by atoms with Gasteiger partial charge in [0.25, 0.3) is 0 Å². The number of hydrogen-bond donors (Lipinski definition) is 0. The van der Waals surface area contributed by atoms with Crippen molar-refractivity contribution in [2.24, 2.45) is 0 Å². The third-order valence-corrected chi connectivity index (χ3v) is 3.20. The van der Waals surface area contributed by atoms with Crippen molar-refractivity contribution in [3.05, 3.63) is 66.3 Å². The summed E-state index contributed by atoms with van der Waals surface area (Å²) in [4.78, 5) is 10.9. The van der Waals surface area contributed by atoms with Crippen molar-refractivity contribution in [1.82, 2.24) is 0 Å². The highest BCUT2D eigenvalue weighted by atomic mass is 16.5. The lowest BCUT2D eigenvalue weighted by atomic mass is 9.77. The largest absolute Gasteiger partial charge is 0.427 e. The molecule has 2 nitrogen and oxygen atoms in total. The molecule has 0 aliphatic carbocycles. The monoisotopic (exact) mass is 270 g/mol. The molecule has 20 heavy (non-hydrogen) atoms. The van der Waals surface area contributed by atoms with E-state index in [1.54, 1.807) is 6.08 Å². The molecule has 0 saturated heterocycles. The van der Waals surface area contributed by atoms with E-state index in [0.717, 1.165) is 5.56 Å². The highest BCUT2D eigenvalue weighted by Crippen LogP contribution is 2.33. The van der Waals surface area contributed by atoms with Crippen molar-refractivity contribution in [1.29, 1.82) is 0 Å². The van der Waals surface area contributed by atoms with E-state index >= 15 is 0 Å². The van der Waals surface area contributed by atoms with Gasteiger partial charge in [0.1, 0.15) is 5.75 Å². The van der Waals surface area contributed by atoms with Crippen LogP contribution in [0.15, 0.2) is 60.7 Å². The van der Waals surface area contributed by atoms with E-state index in [-0.39, 0.29) is 11.4 Å². The summed E-state index contributed by atoms with van der Waals surface area (Å²) in [5.41, 5.74) is 2.19. The van der Waals surface area contributed by atoms with Crippen LogP contribution in [0.3, 0.4) is 0 Å². The van der Waals surface area contributed by atoms with Crippen LogP contribution in [-0.4, -0.2) is 5.97 Å². The van der Waals surface area contributed by atoms with Gasteiger partial charge in [0.15, 0.2) is 0 Å². The van der Waals surface area contributed by atoms with Crippen LogP contribution in [-0.2, 0) is 10.2 Å². The zero-order valence-electron chi connectivity index (χ0n) is 12.6. The number of rotatable bonds is 5. The summed E-state index contributed by atoms with van der Waals surface area (Å²) >= 11 is 0. The van der Waals surface area contributed by atoms with Crippen molar-refractivity contribution in [2.75, 3.05) is 0 Å². The zero-order valence-corrected chi connectivity index (χ0v) is 12.6. The molecule has 0 bridgehead atoms. The lowest BCUT2D eigenvalue weighted by Gasteiger charge is -2.27. The zero-order chi connectivity index (χ0) is 15.2. The lowest BCUT2D eigenvalue weighted by molar-refractivity contribution is -0.131. The van der Waals surface area contributed by atoms with Gasteiger partial charge >= 0.3 is 5.97 Å². The topological polar surface area (TPSA) is 26.3 Å². The van der Waals surface area contributed by atoms with Gasteiger partial charge in [0.2, 0.25) is 0 Å². The maximum Gasteiger partial charge on any atom is 0.308 e. The molecule has 0 N–H and O–H groups in total. The first kappa shape index (κ1) is 16.0. The van der Waals surface area contributed by atoms with E-state index in [1.165, 1.54) is 12.5 Å². The molecule has 1 aromatic rings. The molecule has 0 amide bonds. The van der Waals surface area contributed by atoms with Gasteiger partial charge in [-0.2, -0.15) is 0 Å². The van der Waals surface area contributed by atoms with Crippen molar-refractivity contribution in [3.8, 4) is 5.75 Å². The Morgan fingerprint density at radius 1 is 1.25 bits per heavy atom. The summed E-state index contributed by atoms with van der Waals surface area (Å²) in [5, 5.41) is 0. The number of carbonyl (C=O) groups is 1. The quantitative estimate of drug-likeness (QED) is 0.445. The minimum absolute atomic E-state index is 0.143. The Balaban J connectivity index is 3.11. The molecule has 0 atom stereocenters. The van der Waals surface area contributed by atoms with Crippen LogP contribution in [0, 0.1) is 0 Å². The van der Waals surface area contributed by atoms with Gasteiger partial charge in [0, 0.05) is 12.3 Å². The molecule has 1 rings (SSSR count). The second-order valence-corrected chi connectivity index (χ2v) is 5.10. The summed E-state index contributed by atoms with van der Waals surface area (Å²) < 4.78 is 5.05. The fourth-order valence-electron chi connectivity index (χ4n) is 2.05. The molecular weight excluding hydrogens is 248 g/mol. The van der Waals surface area contributed by atoms with Crippen LogP contribution in [0.4, 0.5) is 0 Å². The van der Waals surface area contributed by atoms with Crippen LogP contribution >= 0.6 is 0 Å². The standard InChI is InChI=1S/C18H22O2/c1-6-8-15(9-7-2)18(4,5)16-10-12-17(13-11-16)20-14(3)19/h6-13H,1H2,2-5H3/b9-7-,15-8+. The average molecular weight is 270 g/mol. The number of ether oxygens (including phenoxy) is 1. The Morgan fingerprint density at radius 2 is 1.85 bits per heavy atom. The first-order chi connectivity index (χ1) is 9.41. The molecule has 0 saturated carbocycles.